The zero-order valence-electron chi connectivity index (χ0n) is 14.0. The van der Waals surface area contributed by atoms with Crippen LogP contribution >= 0.6 is 0 Å². The summed E-state index contributed by atoms with van der Waals surface area (Å²) in [4.78, 5) is 23.0. The van der Waals surface area contributed by atoms with E-state index in [4.69, 9.17) is 9.47 Å². The molecule has 1 atom stereocenters. The van der Waals surface area contributed by atoms with E-state index in [-0.39, 0.29) is 11.7 Å². The summed E-state index contributed by atoms with van der Waals surface area (Å²) in [5.74, 6) is 0.587. The molecule has 4 heteroatoms. The van der Waals surface area contributed by atoms with Crippen LogP contribution in [0.2, 0.25) is 0 Å². The molecule has 0 heterocycles. The Kier molecular flexibility index (Phi) is 8.73. The maximum Gasteiger partial charge on any atom is 0.330 e. The van der Waals surface area contributed by atoms with Crippen molar-refractivity contribution >= 4 is 11.8 Å². The van der Waals surface area contributed by atoms with Gasteiger partial charge < -0.3 is 9.47 Å². The fourth-order valence-corrected chi connectivity index (χ4v) is 2.19. The van der Waals surface area contributed by atoms with Gasteiger partial charge in [0.2, 0.25) is 0 Å². The standard InChI is InChI=1S/C19H26O4/c1-4-8-15(3)19(21)16-9-11-17(12-10-16)22-13-6-7-14-23-18(20)5-2/h5,9-12,15H,2,4,6-8,13-14H2,1,3H3. The lowest BCUT2D eigenvalue weighted by molar-refractivity contribution is -0.137. The molecule has 0 saturated carbocycles. The van der Waals surface area contributed by atoms with Crippen molar-refractivity contribution in [3.63, 3.8) is 0 Å². The molecule has 0 aliphatic rings. The van der Waals surface area contributed by atoms with Crippen LogP contribution < -0.4 is 4.74 Å². The van der Waals surface area contributed by atoms with Gasteiger partial charge in [0, 0.05) is 17.6 Å². The normalized spacial score (nSPS) is 11.6. The minimum atomic E-state index is -0.400. The van der Waals surface area contributed by atoms with E-state index >= 15 is 0 Å². The highest BCUT2D eigenvalue weighted by Gasteiger charge is 2.13. The lowest BCUT2D eigenvalue weighted by Gasteiger charge is -2.10. The van der Waals surface area contributed by atoms with Gasteiger partial charge in [-0.1, -0.05) is 26.8 Å². The quantitative estimate of drug-likeness (QED) is 0.266. The molecule has 0 aromatic heterocycles. The third-order valence-corrected chi connectivity index (χ3v) is 3.53. The number of carbonyl (C=O) groups is 2. The fraction of sp³-hybridized carbons (Fsp3) is 0.474. The van der Waals surface area contributed by atoms with E-state index in [1.807, 2.05) is 31.2 Å². The van der Waals surface area contributed by atoms with Crippen molar-refractivity contribution in [3.8, 4) is 5.75 Å². The number of Topliss-reactive ketones (excluding diaryl/α,β-unsaturated/α-hetero) is 1. The average molecular weight is 318 g/mol. The number of rotatable bonds is 11. The van der Waals surface area contributed by atoms with Gasteiger partial charge >= 0.3 is 5.97 Å². The number of unbranched alkanes of at least 4 members (excludes halogenated alkanes) is 1. The van der Waals surface area contributed by atoms with Crippen LogP contribution in [-0.2, 0) is 9.53 Å². The summed E-state index contributed by atoms with van der Waals surface area (Å²) in [5.41, 5.74) is 0.731. The highest BCUT2D eigenvalue weighted by Crippen LogP contribution is 2.17. The minimum Gasteiger partial charge on any atom is -0.494 e. The van der Waals surface area contributed by atoms with E-state index in [9.17, 15) is 9.59 Å². The zero-order valence-corrected chi connectivity index (χ0v) is 14.0. The van der Waals surface area contributed by atoms with E-state index in [1.54, 1.807) is 0 Å². The van der Waals surface area contributed by atoms with Crippen molar-refractivity contribution in [3.05, 3.63) is 42.5 Å². The monoisotopic (exact) mass is 318 g/mol. The van der Waals surface area contributed by atoms with Crippen LogP contribution in [0.5, 0.6) is 5.75 Å². The minimum absolute atomic E-state index is 0.0602. The van der Waals surface area contributed by atoms with Crippen LogP contribution in [-0.4, -0.2) is 25.0 Å². The molecular formula is C19H26O4. The van der Waals surface area contributed by atoms with E-state index in [2.05, 4.69) is 13.5 Å². The van der Waals surface area contributed by atoms with E-state index in [0.29, 0.717) is 13.2 Å². The van der Waals surface area contributed by atoms with Crippen LogP contribution in [0.3, 0.4) is 0 Å². The second-order valence-electron chi connectivity index (χ2n) is 5.51. The number of esters is 1. The first-order chi connectivity index (χ1) is 11.1. The summed E-state index contributed by atoms with van der Waals surface area (Å²) in [6.07, 6.45) is 4.60. The first-order valence-corrected chi connectivity index (χ1v) is 8.14. The largest absolute Gasteiger partial charge is 0.494 e. The van der Waals surface area contributed by atoms with Crippen LogP contribution in [0.1, 0.15) is 49.9 Å². The third kappa shape index (κ3) is 7.13. The molecule has 1 aromatic rings. The van der Waals surface area contributed by atoms with Crippen molar-refractivity contribution in [1.82, 2.24) is 0 Å². The topological polar surface area (TPSA) is 52.6 Å². The Morgan fingerprint density at radius 3 is 2.43 bits per heavy atom. The fourth-order valence-electron chi connectivity index (χ4n) is 2.19. The smallest absolute Gasteiger partial charge is 0.330 e. The molecule has 4 nitrogen and oxygen atoms in total. The van der Waals surface area contributed by atoms with Crippen molar-refractivity contribution in [1.29, 1.82) is 0 Å². The Labute approximate surface area is 138 Å². The zero-order chi connectivity index (χ0) is 17.1. The molecule has 126 valence electrons. The Balaban J connectivity index is 2.30. The molecule has 0 fully saturated rings. The maximum absolute atomic E-state index is 12.2. The first kappa shape index (κ1) is 18.9. The van der Waals surface area contributed by atoms with Crippen molar-refractivity contribution in [2.45, 2.75) is 39.5 Å². The molecule has 0 amide bonds. The second-order valence-corrected chi connectivity index (χ2v) is 5.51. The van der Waals surface area contributed by atoms with Gasteiger partial charge in [0.25, 0.3) is 0 Å². The van der Waals surface area contributed by atoms with Crippen LogP contribution in [0.4, 0.5) is 0 Å². The van der Waals surface area contributed by atoms with E-state index in [1.165, 1.54) is 0 Å². The van der Waals surface area contributed by atoms with E-state index < -0.39 is 5.97 Å². The molecule has 0 aliphatic carbocycles. The second kappa shape index (κ2) is 10.6. The number of hydrogen-bond acceptors (Lipinski definition) is 4. The lowest BCUT2D eigenvalue weighted by atomic mass is 9.95. The molecule has 0 bridgehead atoms. The molecule has 0 aliphatic heterocycles. The predicted octanol–water partition coefficient (Wildman–Crippen LogP) is 4.19. The van der Waals surface area contributed by atoms with Crippen LogP contribution in [0.25, 0.3) is 0 Å². The van der Waals surface area contributed by atoms with Crippen LogP contribution in [0.15, 0.2) is 36.9 Å². The molecule has 23 heavy (non-hydrogen) atoms. The van der Waals surface area contributed by atoms with Gasteiger partial charge in [0.15, 0.2) is 5.78 Å². The summed E-state index contributed by atoms with van der Waals surface area (Å²) >= 11 is 0. The predicted molar refractivity (Wildman–Crippen MR) is 90.7 cm³/mol. The highest BCUT2D eigenvalue weighted by molar-refractivity contribution is 5.97. The van der Waals surface area contributed by atoms with Crippen LogP contribution in [0, 0.1) is 5.92 Å². The molecular weight excluding hydrogens is 292 g/mol. The number of ketones is 1. The number of benzene rings is 1. The van der Waals surface area contributed by atoms with Crippen molar-refractivity contribution in [2.75, 3.05) is 13.2 Å². The summed E-state index contributed by atoms with van der Waals surface area (Å²) < 4.78 is 10.5. The van der Waals surface area contributed by atoms with Crippen molar-refractivity contribution < 1.29 is 19.1 Å². The Bertz CT molecular complexity index is 505. The van der Waals surface area contributed by atoms with Gasteiger partial charge in [-0.3, -0.25) is 4.79 Å². The Morgan fingerprint density at radius 2 is 1.83 bits per heavy atom. The van der Waals surface area contributed by atoms with Gasteiger partial charge in [-0.2, -0.15) is 0 Å². The van der Waals surface area contributed by atoms with Gasteiger partial charge in [-0.05, 0) is 43.5 Å². The molecule has 0 radical (unpaired) electrons. The lowest BCUT2D eigenvalue weighted by Crippen LogP contribution is -2.11. The van der Waals surface area contributed by atoms with Crippen molar-refractivity contribution in [2.24, 2.45) is 5.92 Å². The highest BCUT2D eigenvalue weighted by atomic mass is 16.5. The molecule has 0 saturated heterocycles. The number of ether oxygens (including phenoxy) is 2. The summed E-state index contributed by atoms with van der Waals surface area (Å²) in [6, 6.07) is 7.28. The summed E-state index contributed by atoms with van der Waals surface area (Å²) in [7, 11) is 0. The Hall–Kier alpha value is -2.10. The molecule has 0 spiro atoms. The summed E-state index contributed by atoms with van der Waals surface area (Å²) in [6.45, 7) is 8.30. The van der Waals surface area contributed by atoms with Gasteiger partial charge in [0.05, 0.1) is 13.2 Å². The molecule has 1 unspecified atom stereocenters. The number of hydrogen-bond donors (Lipinski definition) is 0. The molecule has 0 N–H and O–H groups in total. The van der Waals surface area contributed by atoms with Gasteiger partial charge in [0.1, 0.15) is 5.75 Å². The van der Waals surface area contributed by atoms with Gasteiger partial charge in [-0.15, -0.1) is 0 Å². The number of carbonyl (C=O) groups excluding carboxylic acids is 2. The van der Waals surface area contributed by atoms with Gasteiger partial charge in [-0.25, -0.2) is 4.79 Å². The summed E-state index contributed by atoms with van der Waals surface area (Å²) in [5, 5.41) is 0. The average Bonchev–Trinajstić information content (AvgIpc) is 2.57. The molecule has 1 rings (SSSR count). The maximum atomic E-state index is 12.2. The molecule has 1 aromatic carbocycles. The first-order valence-electron chi connectivity index (χ1n) is 8.14. The van der Waals surface area contributed by atoms with E-state index in [0.717, 1.165) is 43.1 Å². The Morgan fingerprint density at radius 1 is 1.17 bits per heavy atom. The third-order valence-electron chi connectivity index (χ3n) is 3.53. The SMILES string of the molecule is C=CC(=O)OCCCCOc1ccc(C(=O)C(C)CCC)cc1.